The van der Waals surface area contributed by atoms with Crippen molar-refractivity contribution in [3.05, 3.63) is 44.7 Å². The number of rotatable bonds is 4. The van der Waals surface area contributed by atoms with Crippen LogP contribution in [-0.2, 0) is 6.54 Å². The smallest absolute Gasteiger partial charge is 0.251 e. The van der Waals surface area contributed by atoms with Crippen LogP contribution in [0.25, 0.3) is 0 Å². The molecule has 0 aliphatic heterocycles. The SMILES string of the molecule is CNc1cc(C(=O)NCc2cc(Br)cs2)ccn1. The van der Waals surface area contributed by atoms with Gasteiger partial charge in [0, 0.05) is 33.5 Å². The normalized spacial score (nSPS) is 10.1. The highest BCUT2D eigenvalue weighted by Gasteiger charge is 2.07. The van der Waals surface area contributed by atoms with Crippen LogP contribution in [0.15, 0.2) is 34.2 Å². The van der Waals surface area contributed by atoms with Crippen LogP contribution in [0.2, 0.25) is 0 Å². The molecule has 6 heteroatoms. The van der Waals surface area contributed by atoms with Crippen molar-refractivity contribution in [2.45, 2.75) is 6.54 Å². The average molecular weight is 326 g/mol. The summed E-state index contributed by atoms with van der Waals surface area (Å²) in [6.45, 7) is 0.534. The zero-order chi connectivity index (χ0) is 13.0. The summed E-state index contributed by atoms with van der Waals surface area (Å²) in [5, 5.41) is 7.77. The molecule has 0 aliphatic rings. The van der Waals surface area contributed by atoms with Crippen LogP contribution >= 0.6 is 27.3 Å². The number of thiophene rings is 1. The Morgan fingerprint density at radius 2 is 2.33 bits per heavy atom. The van der Waals surface area contributed by atoms with Gasteiger partial charge in [0.1, 0.15) is 5.82 Å². The van der Waals surface area contributed by atoms with Gasteiger partial charge in [0.15, 0.2) is 0 Å². The summed E-state index contributed by atoms with van der Waals surface area (Å²) < 4.78 is 1.04. The second-order valence-corrected chi connectivity index (χ2v) is 5.51. The topological polar surface area (TPSA) is 54.0 Å². The van der Waals surface area contributed by atoms with E-state index in [0.29, 0.717) is 17.9 Å². The molecule has 18 heavy (non-hydrogen) atoms. The number of carbonyl (C=O) groups excluding carboxylic acids is 1. The number of carbonyl (C=O) groups is 1. The second-order valence-electron chi connectivity index (χ2n) is 3.59. The van der Waals surface area contributed by atoms with E-state index in [1.165, 1.54) is 0 Å². The molecule has 1 amide bonds. The van der Waals surface area contributed by atoms with Crippen molar-refractivity contribution in [3.8, 4) is 0 Å². The third kappa shape index (κ3) is 3.30. The first-order valence-corrected chi connectivity index (χ1v) is 7.01. The van der Waals surface area contributed by atoms with E-state index in [-0.39, 0.29) is 5.91 Å². The van der Waals surface area contributed by atoms with Gasteiger partial charge in [0.05, 0.1) is 6.54 Å². The van der Waals surface area contributed by atoms with Crippen LogP contribution in [0.4, 0.5) is 5.82 Å². The fourth-order valence-electron chi connectivity index (χ4n) is 1.42. The zero-order valence-electron chi connectivity index (χ0n) is 9.74. The monoisotopic (exact) mass is 325 g/mol. The Morgan fingerprint density at radius 1 is 1.50 bits per heavy atom. The van der Waals surface area contributed by atoms with Gasteiger partial charge in [-0.25, -0.2) is 4.98 Å². The number of nitrogens with zero attached hydrogens (tertiary/aromatic N) is 1. The van der Waals surface area contributed by atoms with Gasteiger partial charge in [-0.1, -0.05) is 0 Å². The molecule has 2 aromatic heterocycles. The van der Waals surface area contributed by atoms with Gasteiger partial charge >= 0.3 is 0 Å². The molecule has 2 heterocycles. The second kappa shape index (κ2) is 5.97. The van der Waals surface area contributed by atoms with Crippen LogP contribution in [-0.4, -0.2) is 17.9 Å². The molecule has 0 unspecified atom stereocenters. The van der Waals surface area contributed by atoms with Gasteiger partial charge in [-0.3, -0.25) is 4.79 Å². The van der Waals surface area contributed by atoms with Crippen molar-refractivity contribution in [1.29, 1.82) is 0 Å². The highest BCUT2D eigenvalue weighted by molar-refractivity contribution is 9.10. The number of nitrogens with one attached hydrogen (secondary N) is 2. The Kier molecular flexibility index (Phi) is 4.33. The van der Waals surface area contributed by atoms with Crippen molar-refractivity contribution in [3.63, 3.8) is 0 Å². The van der Waals surface area contributed by atoms with Crippen LogP contribution in [0.1, 0.15) is 15.2 Å². The number of halogens is 1. The van der Waals surface area contributed by atoms with Crippen LogP contribution < -0.4 is 10.6 Å². The van der Waals surface area contributed by atoms with Crippen molar-refractivity contribution in [1.82, 2.24) is 10.3 Å². The first-order chi connectivity index (χ1) is 8.69. The predicted molar refractivity (Wildman–Crippen MR) is 77.0 cm³/mol. The summed E-state index contributed by atoms with van der Waals surface area (Å²) >= 11 is 4.99. The summed E-state index contributed by atoms with van der Waals surface area (Å²) in [4.78, 5) is 17.1. The number of hydrogen-bond donors (Lipinski definition) is 2. The first-order valence-electron chi connectivity index (χ1n) is 5.34. The van der Waals surface area contributed by atoms with E-state index in [2.05, 4.69) is 31.5 Å². The minimum absolute atomic E-state index is 0.0987. The van der Waals surface area contributed by atoms with E-state index in [4.69, 9.17) is 0 Å². The minimum atomic E-state index is -0.0987. The molecular formula is C12H12BrN3OS. The number of anilines is 1. The lowest BCUT2D eigenvalue weighted by molar-refractivity contribution is 0.0951. The van der Waals surface area contributed by atoms with Gasteiger partial charge in [-0.2, -0.15) is 0 Å². The average Bonchev–Trinajstić information content (AvgIpc) is 2.82. The number of pyridine rings is 1. The highest BCUT2D eigenvalue weighted by Crippen LogP contribution is 2.19. The molecule has 0 saturated heterocycles. The predicted octanol–water partition coefficient (Wildman–Crippen LogP) is 2.88. The Labute approximate surface area is 118 Å². The highest BCUT2D eigenvalue weighted by atomic mass is 79.9. The maximum absolute atomic E-state index is 11.9. The molecule has 0 aliphatic carbocycles. The van der Waals surface area contributed by atoms with Crippen molar-refractivity contribution in [2.75, 3.05) is 12.4 Å². The fraction of sp³-hybridized carbons (Fsp3) is 0.167. The summed E-state index contributed by atoms with van der Waals surface area (Å²) in [6, 6.07) is 5.41. The lowest BCUT2D eigenvalue weighted by Crippen LogP contribution is -2.22. The third-order valence-electron chi connectivity index (χ3n) is 2.32. The summed E-state index contributed by atoms with van der Waals surface area (Å²) in [6.07, 6.45) is 1.61. The first kappa shape index (κ1) is 13.0. The van der Waals surface area contributed by atoms with Crippen LogP contribution in [0, 0.1) is 0 Å². The molecule has 2 rings (SSSR count). The fourth-order valence-corrected chi connectivity index (χ4v) is 2.82. The van der Waals surface area contributed by atoms with E-state index in [1.807, 2.05) is 11.4 Å². The molecule has 0 spiro atoms. The maximum atomic E-state index is 11.9. The lowest BCUT2D eigenvalue weighted by atomic mass is 10.2. The van der Waals surface area contributed by atoms with Crippen molar-refractivity contribution in [2.24, 2.45) is 0 Å². The van der Waals surface area contributed by atoms with Crippen molar-refractivity contribution >= 4 is 39.0 Å². The molecule has 0 aromatic carbocycles. The van der Waals surface area contributed by atoms with Gasteiger partial charge in [0.2, 0.25) is 0 Å². The van der Waals surface area contributed by atoms with E-state index < -0.39 is 0 Å². The summed E-state index contributed by atoms with van der Waals surface area (Å²) in [5.41, 5.74) is 0.602. The molecule has 4 nitrogen and oxygen atoms in total. The van der Waals surface area contributed by atoms with Crippen molar-refractivity contribution < 1.29 is 4.79 Å². The Bertz CT molecular complexity index is 556. The number of aromatic nitrogens is 1. The molecular weight excluding hydrogens is 314 g/mol. The van der Waals surface area contributed by atoms with E-state index >= 15 is 0 Å². The van der Waals surface area contributed by atoms with Crippen LogP contribution in [0.3, 0.4) is 0 Å². The van der Waals surface area contributed by atoms with Crippen LogP contribution in [0.5, 0.6) is 0 Å². The molecule has 0 atom stereocenters. The molecule has 0 bridgehead atoms. The third-order valence-corrected chi connectivity index (χ3v) is 4.02. The van der Waals surface area contributed by atoms with Gasteiger partial charge < -0.3 is 10.6 Å². The van der Waals surface area contributed by atoms with Gasteiger partial charge in [-0.05, 0) is 34.1 Å². The van der Waals surface area contributed by atoms with E-state index in [1.54, 1.807) is 36.7 Å². The lowest BCUT2D eigenvalue weighted by Gasteiger charge is -2.05. The number of amides is 1. The van der Waals surface area contributed by atoms with Gasteiger partial charge in [-0.15, -0.1) is 11.3 Å². The molecule has 0 radical (unpaired) electrons. The quantitative estimate of drug-likeness (QED) is 0.908. The standard InChI is InChI=1S/C12H12BrN3OS/c1-14-11-4-8(2-3-15-11)12(17)16-6-10-5-9(13)7-18-10/h2-5,7H,6H2,1H3,(H,14,15)(H,16,17). The Morgan fingerprint density at radius 3 is 3.00 bits per heavy atom. The number of hydrogen-bond acceptors (Lipinski definition) is 4. The van der Waals surface area contributed by atoms with E-state index in [0.717, 1.165) is 9.35 Å². The summed E-state index contributed by atoms with van der Waals surface area (Å²) in [5.74, 6) is 0.583. The molecule has 0 saturated carbocycles. The summed E-state index contributed by atoms with van der Waals surface area (Å²) in [7, 11) is 1.77. The maximum Gasteiger partial charge on any atom is 0.251 e. The minimum Gasteiger partial charge on any atom is -0.373 e. The molecule has 2 aromatic rings. The Hall–Kier alpha value is -1.40. The molecule has 0 fully saturated rings. The Balaban J connectivity index is 1.99. The largest absolute Gasteiger partial charge is 0.373 e. The molecule has 2 N–H and O–H groups in total. The zero-order valence-corrected chi connectivity index (χ0v) is 12.1. The molecule has 94 valence electrons. The van der Waals surface area contributed by atoms with Gasteiger partial charge in [0.25, 0.3) is 5.91 Å². The van der Waals surface area contributed by atoms with E-state index in [9.17, 15) is 4.79 Å².